The Morgan fingerprint density at radius 2 is 1.62 bits per heavy atom. The molecule has 2 N–H and O–H groups in total. The molecule has 0 heterocycles. The molecule has 0 radical (unpaired) electrons. The second-order valence-corrected chi connectivity index (χ2v) is 6.56. The molecule has 0 atom stereocenters. The zero-order valence-electron chi connectivity index (χ0n) is 17.3. The number of carbonyl (C=O) groups is 3. The summed E-state index contributed by atoms with van der Waals surface area (Å²) in [4.78, 5) is 36.0. The summed E-state index contributed by atoms with van der Waals surface area (Å²) in [6, 6.07) is 22.4. The normalized spacial score (nSPS) is 10.4. The number of benzene rings is 3. The summed E-state index contributed by atoms with van der Waals surface area (Å²) in [6.45, 7) is 0.234. The van der Waals surface area contributed by atoms with E-state index in [4.69, 9.17) is 9.47 Å². The van der Waals surface area contributed by atoms with Crippen molar-refractivity contribution in [3.05, 3.63) is 95.6 Å². The monoisotopic (exact) mass is 431 g/mol. The highest BCUT2D eigenvalue weighted by atomic mass is 16.5. The van der Waals surface area contributed by atoms with Crippen LogP contribution in [0.25, 0.3) is 0 Å². The quantitative estimate of drug-likeness (QED) is 0.197. The van der Waals surface area contributed by atoms with Gasteiger partial charge in [-0.25, -0.2) is 10.2 Å². The molecule has 8 nitrogen and oxygen atoms in total. The van der Waals surface area contributed by atoms with Crippen LogP contribution in [0.4, 0.5) is 0 Å². The zero-order valence-corrected chi connectivity index (χ0v) is 17.3. The van der Waals surface area contributed by atoms with Gasteiger partial charge in [0, 0.05) is 6.54 Å². The van der Waals surface area contributed by atoms with Crippen LogP contribution < -0.4 is 20.2 Å². The van der Waals surface area contributed by atoms with Gasteiger partial charge >= 0.3 is 17.8 Å². The Bertz CT molecular complexity index is 1130. The largest absolute Gasteiger partial charge is 0.497 e. The predicted molar refractivity (Wildman–Crippen MR) is 118 cm³/mol. The zero-order chi connectivity index (χ0) is 22.8. The lowest BCUT2D eigenvalue weighted by Gasteiger charge is -2.06. The Labute approximate surface area is 184 Å². The van der Waals surface area contributed by atoms with E-state index in [1.165, 1.54) is 13.3 Å². The van der Waals surface area contributed by atoms with Crippen molar-refractivity contribution in [1.82, 2.24) is 10.7 Å². The molecule has 3 rings (SSSR count). The average molecular weight is 431 g/mol. The van der Waals surface area contributed by atoms with Crippen molar-refractivity contribution in [1.29, 1.82) is 0 Å². The van der Waals surface area contributed by atoms with Gasteiger partial charge in [-0.05, 0) is 41.5 Å². The van der Waals surface area contributed by atoms with E-state index in [1.54, 1.807) is 48.5 Å². The fraction of sp³-hybridized carbons (Fsp3) is 0.0833. The molecule has 0 saturated heterocycles. The fourth-order valence-corrected chi connectivity index (χ4v) is 2.65. The summed E-state index contributed by atoms with van der Waals surface area (Å²) in [5, 5.41) is 6.29. The topological polar surface area (TPSA) is 106 Å². The van der Waals surface area contributed by atoms with Crippen molar-refractivity contribution in [2.45, 2.75) is 6.54 Å². The summed E-state index contributed by atoms with van der Waals surface area (Å²) < 4.78 is 10.5. The van der Waals surface area contributed by atoms with Crippen LogP contribution in [0.15, 0.2) is 84.0 Å². The van der Waals surface area contributed by atoms with E-state index in [1.807, 2.05) is 30.3 Å². The number of hydrogen-bond donors (Lipinski definition) is 2. The standard InChI is InChI=1S/C24H21N3O5/c1-31-20-11-6-10-19(14-20)24(30)32-21-12-5-9-18(13-21)16-26-27-23(29)22(28)25-15-17-7-3-2-4-8-17/h2-14,16H,15H2,1H3,(H,25,28)(H,27,29)/b26-16+. The Kier molecular flexibility index (Phi) is 7.69. The third kappa shape index (κ3) is 6.53. The number of ether oxygens (including phenoxy) is 2. The minimum Gasteiger partial charge on any atom is -0.497 e. The van der Waals surface area contributed by atoms with Crippen LogP contribution in [-0.4, -0.2) is 31.1 Å². The molecule has 3 aromatic rings. The Morgan fingerprint density at radius 1 is 0.875 bits per heavy atom. The van der Waals surface area contributed by atoms with Crippen LogP contribution in [0, 0.1) is 0 Å². The maximum atomic E-state index is 12.3. The average Bonchev–Trinajstić information content (AvgIpc) is 2.83. The van der Waals surface area contributed by atoms with Crippen molar-refractivity contribution in [3.63, 3.8) is 0 Å². The molecule has 0 aliphatic rings. The molecule has 32 heavy (non-hydrogen) atoms. The number of carbonyl (C=O) groups excluding carboxylic acids is 3. The summed E-state index contributed by atoms with van der Waals surface area (Å²) in [6.07, 6.45) is 1.34. The number of nitrogens with zero attached hydrogens (tertiary/aromatic N) is 1. The first-order valence-corrected chi connectivity index (χ1v) is 9.66. The highest BCUT2D eigenvalue weighted by molar-refractivity contribution is 6.35. The first-order chi connectivity index (χ1) is 15.5. The first kappa shape index (κ1) is 22.2. The Balaban J connectivity index is 1.52. The van der Waals surface area contributed by atoms with Crippen LogP contribution in [0.2, 0.25) is 0 Å². The maximum Gasteiger partial charge on any atom is 0.343 e. The number of methoxy groups -OCH3 is 1. The first-order valence-electron chi connectivity index (χ1n) is 9.66. The molecule has 0 unspecified atom stereocenters. The van der Waals surface area contributed by atoms with Gasteiger partial charge in [0.1, 0.15) is 11.5 Å². The van der Waals surface area contributed by atoms with Gasteiger partial charge in [-0.1, -0.05) is 48.5 Å². The van der Waals surface area contributed by atoms with Crippen molar-refractivity contribution in [2.24, 2.45) is 5.10 Å². The van der Waals surface area contributed by atoms with E-state index >= 15 is 0 Å². The minimum atomic E-state index is -0.891. The van der Waals surface area contributed by atoms with Gasteiger partial charge in [-0.15, -0.1) is 0 Å². The van der Waals surface area contributed by atoms with Crippen LogP contribution in [-0.2, 0) is 16.1 Å². The SMILES string of the molecule is COc1cccc(C(=O)Oc2cccc(/C=N/NC(=O)C(=O)NCc3ccccc3)c2)c1. The van der Waals surface area contributed by atoms with Gasteiger partial charge in [0.05, 0.1) is 18.9 Å². The van der Waals surface area contributed by atoms with Gasteiger partial charge in [0.15, 0.2) is 0 Å². The van der Waals surface area contributed by atoms with E-state index in [0.29, 0.717) is 22.6 Å². The van der Waals surface area contributed by atoms with Gasteiger partial charge < -0.3 is 14.8 Å². The number of amides is 2. The lowest BCUT2D eigenvalue weighted by atomic mass is 10.2. The molecular formula is C24H21N3O5. The highest BCUT2D eigenvalue weighted by Gasteiger charge is 2.12. The van der Waals surface area contributed by atoms with Gasteiger partial charge in [-0.2, -0.15) is 5.10 Å². The number of hydrogen-bond acceptors (Lipinski definition) is 6. The van der Waals surface area contributed by atoms with Crippen molar-refractivity contribution < 1.29 is 23.9 Å². The van der Waals surface area contributed by atoms with E-state index < -0.39 is 17.8 Å². The van der Waals surface area contributed by atoms with Crippen molar-refractivity contribution in [3.8, 4) is 11.5 Å². The Morgan fingerprint density at radius 3 is 2.41 bits per heavy atom. The van der Waals surface area contributed by atoms with Crippen LogP contribution in [0.3, 0.4) is 0 Å². The van der Waals surface area contributed by atoms with Gasteiger partial charge in [0.2, 0.25) is 0 Å². The number of esters is 1. The summed E-state index contributed by atoms with van der Waals surface area (Å²) >= 11 is 0. The van der Waals surface area contributed by atoms with E-state index in [2.05, 4.69) is 15.8 Å². The molecule has 0 aliphatic carbocycles. The number of nitrogens with one attached hydrogen (secondary N) is 2. The molecule has 0 saturated carbocycles. The molecular weight excluding hydrogens is 410 g/mol. The second kappa shape index (κ2) is 11.1. The highest BCUT2D eigenvalue weighted by Crippen LogP contribution is 2.17. The van der Waals surface area contributed by atoms with Gasteiger partial charge in [-0.3, -0.25) is 9.59 Å². The Hall–Kier alpha value is -4.46. The minimum absolute atomic E-state index is 0.234. The second-order valence-electron chi connectivity index (χ2n) is 6.56. The lowest BCUT2D eigenvalue weighted by Crippen LogP contribution is -2.37. The molecule has 0 spiro atoms. The maximum absolute atomic E-state index is 12.3. The molecule has 0 bridgehead atoms. The summed E-state index contributed by atoms with van der Waals surface area (Å²) in [5.74, 6) is -1.39. The molecule has 0 aromatic heterocycles. The molecule has 8 heteroatoms. The number of hydrazone groups is 1. The predicted octanol–water partition coefficient (Wildman–Crippen LogP) is 2.68. The molecule has 162 valence electrons. The third-order valence-corrected chi connectivity index (χ3v) is 4.26. The fourth-order valence-electron chi connectivity index (χ4n) is 2.65. The van der Waals surface area contributed by atoms with E-state index in [0.717, 1.165) is 5.56 Å². The molecule has 0 aliphatic heterocycles. The smallest absolute Gasteiger partial charge is 0.343 e. The number of rotatable bonds is 7. The third-order valence-electron chi connectivity index (χ3n) is 4.26. The van der Waals surface area contributed by atoms with Crippen LogP contribution in [0.5, 0.6) is 11.5 Å². The molecule has 2 amide bonds. The van der Waals surface area contributed by atoms with Gasteiger partial charge in [0.25, 0.3) is 0 Å². The van der Waals surface area contributed by atoms with E-state index in [9.17, 15) is 14.4 Å². The molecule has 3 aromatic carbocycles. The van der Waals surface area contributed by atoms with Crippen LogP contribution >= 0.6 is 0 Å². The van der Waals surface area contributed by atoms with Crippen molar-refractivity contribution >= 4 is 24.0 Å². The van der Waals surface area contributed by atoms with E-state index in [-0.39, 0.29) is 6.54 Å². The van der Waals surface area contributed by atoms with Crippen molar-refractivity contribution in [2.75, 3.05) is 7.11 Å². The lowest BCUT2D eigenvalue weighted by molar-refractivity contribution is -0.139. The molecule has 0 fully saturated rings. The summed E-state index contributed by atoms with van der Waals surface area (Å²) in [5.41, 5.74) is 3.94. The van der Waals surface area contributed by atoms with Crippen LogP contribution in [0.1, 0.15) is 21.5 Å². The summed E-state index contributed by atoms with van der Waals surface area (Å²) in [7, 11) is 1.51.